The number of piperidine rings is 1. The number of carbonyl (C=O) groups is 1. The van der Waals surface area contributed by atoms with Crippen LogP contribution in [0.3, 0.4) is 0 Å². The molecule has 2 N–H and O–H groups in total. The lowest BCUT2D eigenvalue weighted by Gasteiger charge is -2.46. The van der Waals surface area contributed by atoms with Crippen LogP contribution in [0.1, 0.15) is 41.4 Å². The van der Waals surface area contributed by atoms with Crippen molar-refractivity contribution >= 4 is 16.8 Å². The van der Waals surface area contributed by atoms with E-state index in [1.165, 1.54) is 12.1 Å². The minimum atomic E-state index is -0.314. The molecule has 1 atom stereocenters. The molecule has 5 rings (SSSR count). The standard InChI is InChI=1S/C23H24FN3O2/c1-27-10-8-23(9-11-27)14-20(17-4-2-3-5-21(17)29-23)26-22(28)19-13-15-12-16(24)6-7-18(15)25-19/h2-7,12-13,20,25H,8-11,14H2,1H3,(H,26,28). The largest absolute Gasteiger partial charge is 0.487 e. The Morgan fingerprint density at radius 2 is 2.00 bits per heavy atom. The Kier molecular flexibility index (Phi) is 4.32. The van der Waals surface area contributed by atoms with Gasteiger partial charge in [0.2, 0.25) is 0 Å². The number of rotatable bonds is 2. The number of ether oxygens (including phenoxy) is 1. The fraction of sp³-hybridized carbons (Fsp3) is 0.348. The zero-order valence-electron chi connectivity index (χ0n) is 16.4. The van der Waals surface area contributed by atoms with Crippen LogP contribution in [0.2, 0.25) is 0 Å². The average molecular weight is 393 g/mol. The summed E-state index contributed by atoms with van der Waals surface area (Å²) in [5.41, 5.74) is 1.94. The maximum Gasteiger partial charge on any atom is 0.268 e. The number of hydrogen-bond donors (Lipinski definition) is 2. The predicted molar refractivity (Wildman–Crippen MR) is 110 cm³/mol. The smallest absolute Gasteiger partial charge is 0.268 e. The zero-order chi connectivity index (χ0) is 20.0. The van der Waals surface area contributed by atoms with Gasteiger partial charge in [-0.05, 0) is 50.2 Å². The molecule has 1 aromatic heterocycles. The predicted octanol–water partition coefficient (Wildman–Crippen LogP) is 4.03. The fourth-order valence-corrected chi connectivity index (χ4v) is 4.54. The van der Waals surface area contributed by atoms with Crippen LogP contribution in [-0.4, -0.2) is 41.5 Å². The topological polar surface area (TPSA) is 57.4 Å². The number of carbonyl (C=O) groups excluding carboxylic acids is 1. The molecule has 29 heavy (non-hydrogen) atoms. The molecular weight excluding hydrogens is 369 g/mol. The molecule has 0 aliphatic carbocycles. The number of nitrogens with one attached hydrogen (secondary N) is 2. The molecule has 0 bridgehead atoms. The van der Waals surface area contributed by atoms with E-state index in [-0.39, 0.29) is 23.4 Å². The van der Waals surface area contributed by atoms with Crippen molar-refractivity contribution in [3.63, 3.8) is 0 Å². The van der Waals surface area contributed by atoms with Crippen LogP contribution >= 0.6 is 0 Å². The molecule has 1 fully saturated rings. The van der Waals surface area contributed by atoms with E-state index in [0.717, 1.165) is 49.2 Å². The number of hydrogen-bond acceptors (Lipinski definition) is 3. The van der Waals surface area contributed by atoms with Crippen LogP contribution in [0.5, 0.6) is 5.75 Å². The van der Waals surface area contributed by atoms with E-state index in [9.17, 15) is 9.18 Å². The van der Waals surface area contributed by atoms with Crippen LogP contribution in [-0.2, 0) is 0 Å². The Labute approximate surface area is 168 Å². The lowest BCUT2D eigenvalue weighted by molar-refractivity contribution is -0.0196. The minimum absolute atomic E-state index is 0.126. The zero-order valence-corrected chi connectivity index (χ0v) is 16.4. The van der Waals surface area contributed by atoms with Gasteiger partial charge in [-0.2, -0.15) is 0 Å². The summed E-state index contributed by atoms with van der Waals surface area (Å²) in [6.45, 7) is 1.97. The van der Waals surface area contributed by atoms with Gasteiger partial charge in [0.15, 0.2) is 0 Å². The monoisotopic (exact) mass is 393 g/mol. The molecule has 6 heteroatoms. The quantitative estimate of drug-likeness (QED) is 0.691. The van der Waals surface area contributed by atoms with Gasteiger partial charge < -0.3 is 19.9 Å². The van der Waals surface area contributed by atoms with Gasteiger partial charge in [-0.15, -0.1) is 0 Å². The van der Waals surface area contributed by atoms with Gasteiger partial charge in [0.1, 0.15) is 22.9 Å². The van der Waals surface area contributed by atoms with Crippen LogP contribution < -0.4 is 10.1 Å². The summed E-state index contributed by atoms with van der Waals surface area (Å²) in [5, 5.41) is 3.88. The maximum atomic E-state index is 13.5. The lowest BCUT2D eigenvalue weighted by atomic mass is 9.80. The van der Waals surface area contributed by atoms with Gasteiger partial charge in [0.05, 0.1) is 6.04 Å². The van der Waals surface area contributed by atoms with E-state index in [2.05, 4.69) is 22.2 Å². The van der Waals surface area contributed by atoms with Crippen molar-refractivity contribution in [1.29, 1.82) is 0 Å². The van der Waals surface area contributed by atoms with Crippen molar-refractivity contribution < 1.29 is 13.9 Å². The van der Waals surface area contributed by atoms with Gasteiger partial charge >= 0.3 is 0 Å². The Bertz CT molecular complexity index is 1070. The molecule has 0 radical (unpaired) electrons. The Balaban J connectivity index is 1.43. The van der Waals surface area contributed by atoms with Crippen molar-refractivity contribution in [2.24, 2.45) is 0 Å². The van der Waals surface area contributed by atoms with E-state index >= 15 is 0 Å². The number of aromatic amines is 1. The van der Waals surface area contributed by atoms with E-state index in [1.54, 1.807) is 12.1 Å². The third kappa shape index (κ3) is 3.38. The summed E-state index contributed by atoms with van der Waals surface area (Å²) < 4.78 is 19.9. The third-order valence-electron chi connectivity index (χ3n) is 6.23. The van der Waals surface area contributed by atoms with Crippen molar-refractivity contribution in [1.82, 2.24) is 15.2 Å². The number of aromatic nitrogens is 1. The highest BCUT2D eigenvalue weighted by atomic mass is 19.1. The van der Waals surface area contributed by atoms with E-state index in [4.69, 9.17) is 4.74 Å². The first-order valence-electron chi connectivity index (χ1n) is 10.1. The molecule has 2 aliphatic rings. The second kappa shape index (κ2) is 6.88. The molecule has 5 nitrogen and oxygen atoms in total. The number of likely N-dealkylation sites (tertiary alicyclic amines) is 1. The van der Waals surface area contributed by atoms with Gasteiger partial charge in [0.25, 0.3) is 5.91 Å². The average Bonchev–Trinajstić information content (AvgIpc) is 3.14. The first-order valence-corrected chi connectivity index (χ1v) is 10.1. The summed E-state index contributed by atoms with van der Waals surface area (Å²) in [4.78, 5) is 18.4. The molecule has 3 heterocycles. The number of para-hydroxylation sites is 1. The molecule has 1 saturated heterocycles. The summed E-state index contributed by atoms with van der Waals surface area (Å²) in [6, 6.07) is 14.0. The van der Waals surface area contributed by atoms with Gasteiger partial charge in [-0.25, -0.2) is 4.39 Å². The van der Waals surface area contributed by atoms with Gasteiger partial charge in [0, 0.05) is 36.0 Å². The van der Waals surface area contributed by atoms with Crippen LogP contribution in [0.15, 0.2) is 48.5 Å². The molecule has 1 amide bonds. The summed E-state index contributed by atoms with van der Waals surface area (Å²) in [7, 11) is 2.13. The van der Waals surface area contributed by atoms with Crippen molar-refractivity contribution in [3.8, 4) is 5.75 Å². The molecule has 1 spiro atoms. The number of H-pyrrole nitrogens is 1. The SMILES string of the molecule is CN1CCC2(CC1)CC(NC(=O)c1cc3cc(F)ccc3[nH]1)c1ccccc1O2. The Hall–Kier alpha value is -2.86. The molecule has 1 unspecified atom stereocenters. The lowest BCUT2D eigenvalue weighted by Crippen LogP contribution is -2.51. The van der Waals surface area contributed by atoms with E-state index < -0.39 is 0 Å². The van der Waals surface area contributed by atoms with E-state index in [0.29, 0.717) is 11.1 Å². The number of amides is 1. The first-order chi connectivity index (χ1) is 14.0. The number of benzene rings is 2. The molecular formula is C23H24FN3O2. The Morgan fingerprint density at radius 3 is 2.83 bits per heavy atom. The number of nitrogens with zero attached hydrogens (tertiary/aromatic N) is 1. The fourth-order valence-electron chi connectivity index (χ4n) is 4.54. The summed E-state index contributed by atoms with van der Waals surface area (Å²) >= 11 is 0. The first kappa shape index (κ1) is 18.2. The van der Waals surface area contributed by atoms with E-state index in [1.807, 2.05) is 24.3 Å². The summed E-state index contributed by atoms with van der Waals surface area (Å²) in [6.07, 6.45) is 2.63. The van der Waals surface area contributed by atoms with Crippen molar-refractivity contribution in [3.05, 3.63) is 65.6 Å². The summed E-state index contributed by atoms with van der Waals surface area (Å²) in [5.74, 6) is 0.352. The Morgan fingerprint density at radius 1 is 1.21 bits per heavy atom. The van der Waals surface area contributed by atoms with Crippen LogP contribution in [0, 0.1) is 5.82 Å². The second-order valence-electron chi connectivity index (χ2n) is 8.27. The minimum Gasteiger partial charge on any atom is -0.487 e. The normalized spacial score (nSPS) is 21.0. The van der Waals surface area contributed by atoms with Crippen molar-refractivity contribution in [2.75, 3.05) is 20.1 Å². The molecule has 2 aliphatic heterocycles. The molecule has 0 saturated carbocycles. The maximum absolute atomic E-state index is 13.5. The molecule has 2 aromatic carbocycles. The van der Waals surface area contributed by atoms with Crippen LogP contribution in [0.4, 0.5) is 4.39 Å². The highest BCUT2D eigenvalue weighted by molar-refractivity contribution is 5.98. The highest BCUT2D eigenvalue weighted by Gasteiger charge is 2.43. The van der Waals surface area contributed by atoms with Gasteiger partial charge in [-0.3, -0.25) is 4.79 Å². The van der Waals surface area contributed by atoms with Gasteiger partial charge in [-0.1, -0.05) is 18.2 Å². The number of halogens is 1. The van der Waals surface area contributed by atoms with Crippen molar-refractivity contribution in [2.45, 2.75) is 30.9 Å². The second-order valence-corrected chi connectivity index (χ2v) is 8.27. The van der Waals surface area contributed by atoms with Crippen LogP contribution in [0.25, 0.3) is 10.9 Å². The third-order valence-corrected chi connectivity index (χ3v) is 6.23. The highest BCUT2D eigenvalue weighted by Crippen LogP contribution is 2.44. The molecule has 3 aromatic rings. The number of fused-ring (bicyclic) bond motifs is 2. The molecule has 150 valence electrons.